The summed E-state index contributed by atoms with van der Waals surface area (Å²) in [6.07, 6.45) is 0. The van der Waals surface area contributed by atoms with E-state index >= 15 is 0 Å². The number of nitriles is 1. The highest BCUT2D eigenvalue weighted by Gasteiger charge is 2.08. The van der Waals surface area contributed by atoms with Gasteiger partial charge in [0.2, 0.25) is 0 Å². The number of nitrogens with zero attached hydrogens (tertiary/aromatic N) is 2. The van der Waals surface area contributed by atoms with Crippen molar-refractivity contribution >= 4 is 17.0 Å². The largest absolute Gasteiger partial charge is 0.369 e. The van der Waals surface area contributed by atoms with Gasteiger partial charge in [-0.25, -0.2) is 0 Å². The van der Waals surface area contributed by atoms with Gasteiger partial charge in [-0.1, -0.05) is 6.07 Å². The van der Waals surface area contributed by atoms with E-state index in [0.717, 1.165) is 17.8 Å². The maximum absolute atomic E-state index is 9.20. The molecule has 18 heavy (non-hydrogen) atoms. The summed E-state index contributed by atoms with van der Waals surface area (Å²) in [5, 5.41) is 13.4. The molecule has 0 atom stereocenters. The third-order valence-corrected chi connectivity index (χ3v) is 3.56. The summed E-state index contributed by atoms with van der Waals surface area (Å²) < 4.78 is 0. The van der Waals surface area contributed by atoms with Crippen molar-refractivity contribution in [3.63, 3.8) is 0 Å². The lowest BCUT2D eigenvalue weighted by Gasteiger charge is -2.20. The molecule has 0 saturated heterocycles. The number of anilines is 1. The summed E-state index contributed by atoms with van der Waals surface area (Å²) in [6, 6.07) is 10.1. The number of nitrogens with two attached hydrogens (primary N) is 1. The Morgan fingerprint density at radius 3 is 2.78 bits per heavy atom. The molecule has 92 valence electrons. The van der Waals surface area contributed by atoms with Gasteiger partial charge in [0.25, 0.3) is 0 Å². The molecule has 1 aromatic heterocycles. The van der Waals surface area contributed by atoms with Crippen LogP contribution in [-0.2, 0) is 13.1 Å². The Morgan fingerprint density at radius 2 is 2.17 bits per heavy atom. The van der Waals surface area contributed by atoms with Crippen LogP contribution in [0.3, 0.4) is 0 Å². The average molecular weight is 257 g/mol. The summed E-state index contributed by atoms with van der Waals surface area (Å²) in [4.78, 5) is 2.08. The summed E-state index contributed by atoms with van der Waals surface area (Å²) in [6.45, 7) is 1.27. The molecule has 0 aliphatic heterocycles. The van der Waals surface area contributed by atoms with Gasteiger partial charge in [-0.3, -0.25) is 0 Å². The van der Waals surface area contributed by atoms with Crippen LogP contribution in [-0.4, -0.2) is 7.05 Å². The fourth-order valence-electron chi connectivity index (χ4n) is 1.87. The Kier molecular flexibility index (Phi) is 3.98. The molecule has 1 aromatic carbocycles. The first kappa shape index (κ1) is 12.6. The molecule has 0 amide bonds. The highest BCUT2D eigenvalue weighted by Crippen LogP contribution is 2.22. The van der Waals surface area contributed by atoms with E-state index in [1.807, 2.05) is 25.2 Å². The van der Waals surface area contributed by atoms with Crippen LogP contribution in [0.15, 0.2) is 35.0 Å². The van der Waals surface area contributed by atoms with Gasteiger partial charge < -0.3 is 10.6 Å². The molecule has 4 heteroatoms. The third kappa shape index (κ3) is 2.70. The second-order valence-electron chi connectivity index (χ2n) is 4.16. The predicted molar refractivity (Wildman–Crippen MR) is 75.5 cm³/mol. The van der Waals surface area contributed by atoms with E-state index in [9.17, 15) is 5.26 Å². The van der Waals surface area contributed by atoms with E-state index < -0.39 is 0 Å². The Labute approximate surface area is 111 Å². The normalized spacial score (nSPS) is 10.1. The first-order valence-corrected chi connectivity index (χ1v) is 6.64. The van der Waals surface area contributed by atoms with Crippen molar-refractivity contribution in [3.8, 4) is 6.07 Å². The molecule has 0 bridgehead atoms. The summed E-state index contributed by atoms with van der Waals surface area (Å²) >= 11 is 1.68. The minimum absolute atomic E-state index is 0.462. The minimum Gasteiger partial charge on any atom is -0.369 e. The standard InChI is InChI=1S/C14H15N3S/c1-17(9-12-4-5-18-10-12)14-3-2-11(7-15)6-13(14)8-16/h2-6,10H,7,9,15H2,1H3. The highest BCUT2D eigenvalue weighted by molar-refractivity contribution is 7.07. The van der Waals surface area contributed by atoms with Crippen molar-refractivity contribution in [2.24, 2.45) is 5.73 Å². The van der Waals surface area contributed by atoms with Crippen LogP contribution in [0.1, 0.15) is 16.7 Å². The fraction of sp³-hybridized carbons (Fsp3) is 0.214. The second-order valence-corrected chi connectivity index (χ2v) is 4.94. The molecule has 2 aromatic rings. The van der Waals surface area contributed by atoms with E-state index in [1.165, 1.54) is 5.56 Å². The third-order valence-electron chi connectivity index (χ3n) is 2.83. The Hall–Kier alpha value is -1.83. The Morgan fingerprint density at radius 1 is 1.33 bits per heavy atom. The van der Waals surface area contributed by atoms with E-state index in [4.69, 9.17) is 5.73 Å². The van der Waals surface area contributed by atoms with E-state index in [1.54, 1.807) is 11.3 Å². The summed E-state index contributed by atoms with van der Waals surface area (Å²) in [5.74, 6) is 0. The van der Waals surface area contributed by atoms with Crippen molar-refractivity contribution in [2.45, 2.75) is 13.1 Å². The van der Waals surface area contributed by atoms with Crippen LogP contribution in [0.4, 0.5) is 5.69 Å². The van der Waals surface area contributed by atoms with Gasteiger partial charge in [-0.15, -0.1) is 0 Å². The van der Waals surface area contributed by atoms with E-state index in [2.05, 4.69) is 27.8 Å². The van der Waals surface area contributed by atoms with Crippen LogP contribution >= 0.6 is 11.3 Å². The van der Waals surface area contributed by atoms with Crippen molar-refractivity contribution in [3.05, 3.63) is 51.7 Å². The SMILES string of the molecule is CN(Cc1ccsc1)c1ccc(CN)cc1C#N. The second kappa shape index (κ2) is 5.67. The molecule has 0 aliphatic rings. The average Bonchev–Trinajstić information content (AvgIpc) is 2.90. The quantitative estimate of drug-likeness (QED) is 0.916. The molecule has 0 spiro atoms. The molecule has 3 nitrogen and oxygen atoms in total. The molecular weight excluding hydrogens is 242 g/mol. The number of thiophene rings is 1. The molecule has 0 radical (unpaired) electrons. The van der Waals surface area contributed by atoms with Crippen molar-refractivity contribution < 1.29 is 0 Å². The smallest absolute Gasteiger partial charge is 0.101 e. The van der Waals surface area contributed by atoms with E-state index in [-0.39, 0.29) is 0 Å². The summed E-state index contributed by atoms with van der Waals surface area (Å²) in [5.41, 5.74) is 9.45. The van der Waals surface area contributed by atoms with Crippen molar-refractivity contribution in [1.29, 1.82) is 5.26 Å². The predicted octanol–water partition coefficient (Wildman–Crippen LogP) is 2.71. The van der Waals surface area contributed by atoms with Gasteiger partial charge in [0, 0.05) is 20.1 Å². The zero-order chi connectivity index (χ0) is 13.0. The number of hydrogen-bond donors (Lipinski definition) is 1. The van der Waals surface area contributed by atoms with Crippen LogP contribution in [0.2, 0.25) is 0 Å². The molecule has 0 fully saturated rings. The van der Waals surface area contributed by atoms with Crippen molar-refractivity contribution in [1.82, 2.24) is 0 Å². The van der Waals surface area contributed by atoms with Gasteiger partial charge in [-0.05, 0) is 40.1 Å². The Bertz CT molecular complexity index is 555. The summed E-state index contributed by atoms with van der Waals surface area (Å²) in [7, 11) is 2.00. The molecule has 0 saturated carbocycles. The molecule has 0 aliphatic carbocycles. The maximum atomic E-state index is 9.20. The lowest BCUT2D eigenvalue weighted by molar-refractivity contribution is 0.923. The van der Waals surface area contributed by atoms with E-state index in [0.29, 0.717) is 12.1 Å². The number of benzene rings is 1. The van der Waals surface area contributed by atoms with Gasteiger partial charge in [0.1, 0.15) is 6.07 Å². The molecule has 1 heterocycles. The topological polar surface area (TPSA) is 53.0 Å². The Balaban J connectivity index is 2.24. The molecular formula is C14H15N3S. The zero-order valence-corrected chi connectivity index (χ0v) is 11.1. The van der Waals surface area contributed by atoms with Gasteiger partial charge in [0.15, 0.2) is 0 Å². The van der Waals surface area contributed by atoms with Crippen LogP contribution in [0.25, 0.3) is 0 Å². The first-order chi connectivity index (χ1) is 8.74. The van der Waals surface area contributed by atoms with Gasteiger partial charge in [0.05, 0.1) is 11.3 Å². The molecule has 2 rings (SSSR count). The van der Waals surface area contributed by atoms with Crippen LogP contribution in [0, 0.1) is 11.3 Å². The first-order valence-electron chi connectivity index (χ1n) is 5.70. The fourth-order valence-corrected chi connectivity index (χ4v) is 2.53. The lowest BCUT2D eigenvalue weighted by atomic mass is 10.1. The van der Waals surface area contributed by atoms with Gasteiger partial charge >= 0.3 is 0 Å². The monoisotopic (exact) mass is 257 g/mol. The number of rotatable bonds is 4. The maximum Gasteiger partial charge on any atom is 0.101 e. The van der Waals surface area contributed by atoms with Gasteiger partial charge in [-0.2, -0.15) is 16.6 Å². The molecule has 0 unspecified atom stereocenters. The van der Waals surface area contributed by atoms with Crippen LogP contribution in [0.5, 0.6) is 0 Å². The zero-order valence-electron chi connectivity index (χ0n) is 10.3. The van der Waals surface area contributed by atoms with Crippen LogP contribution < -0.4 is 10.6 Å². The lowest BCUT2D eigenvalue weighted by Crippen LogP contribution is -2.17. The van der Waals surface area contributed by atoms with Crippen molar-refractivity contribution in [2.75, 3.05) is 11.9 Å². The highest BCUT2D eigenvalue weighted by atomic mass is 32.1. The minimum atomic E-state index is 0.462. The molecule has 2 N–H and O–H groups in total. The number of hydrogen-bond acceptors (Lipinski definition) is 4.